The molecule has 0 unspecified atom stereocenters. The molecule has 194 valence electrons. The number of nitrogens with one attached hydrogen (secondary N) is 2. The number of hydrogen-bond acceptors (Lipinski definition) is 10. The van der Waals surface area contributed by atoms with Crippen molar-refractivity contribution in [3.8, 4) is 0 Å². The van der Waals surface area contributed by atoms with E-state index in [4.69, 9.17) is 10.6 Å². The third-order valence-electron chi connectivity index (χ3n) is 6.06. The fourth-order valence-electron chi connectivity index (χ4n) is 4.41. The second kappa shape index (κ2) is 10.3. The van der Waals surface area contributed by atoms with Crippen LogP contribution in [0.25, 0.3) is 0 Å². The molecule has 5 N–H and O–H groups in total. The Morgan fingerprint density at radius 3 is 3.05 bits per heavy atom. The molecular formula is C22H25N8O5S2+. The van der Waals surface area contributed by atoms with Crippen LogP contribution in [0.1, 0.15) is 12.1 Å². The fourth-order valence-corrected chi connectivity index (χ4v) is 6.29. The number of carboxylic acid groups (broad SMARTS) is 1. The molecule has 3 aliphatic heterocycles. The van der Waals surface area contributed by atoms with Crippen molar-refractivity contribution < 1.29 is 29.0 Å². The summed E-state index contributed by atoms with van der Waals surface area (Å²) < 4.78 is 4.02. The molecule has 0 aliphatic carbocycles. The summed E-state index contributed by atoms with van der Waals surface area (Å²) in [6.07, 6.45) is 4.33. The molecule has 37 heavy (non-hydrogen) atoms. The Morgan fingerprint density at radius 1 is 1.49 bits per heavy atom. The van der Waals surface area contributed by atoms with Gasteiger partial charge in [-0.1, -0.05) is 17.8 Å². The van der Waals surface area contributed by atoms with E-state index in [9.17, 15) is 19.5 Å². The number of aromatic nitrogens is 3. The number of carbonyl (C=O) groups excluding carboxylic acids is 2. The van der Waals surface area contributed by atoms with Crippen molar-refractivity contribution in [3.63, 3.8) is 0 Å². The number of oxime groups is 1. The molecule has 1 saturated heterocycles. The standard InChI is InChI=1S/C22H24N8O5S2/c1-2-8-35-27-15(13-11-37-22(23)25-13)18(31)26-16-19(32)30-17(21(33)34)12(10-36-20(16)30)9-28-7-4-14-24-5-3-6-29(14)28/h2,4,7,11,16,20H,1,3,5-6,8-10H2,(H4,23,25,26,31,33,34)/p+1/t16-,20-/m1/s1. The number of anilines is 2. The summed E-state index contributed by atoms with van der Waals surface area (Å²) in [5.41, 5.74) is 6.35. The topological polar surface area (TPSA) is 168 Å². The van der Waals surface area contributed by atoms with E-state index in [-0.39, 0.29) is 28.8 Å². The molecule has 5 heterocycles. The molecule has 0 aromatic carbocycles. The lowest BCUT2D eigenvalue weighted by molar-refractivity contribution is -0.768. The van der Waals surface area contributed by atoms with Gasteiger partial charge in [0.2, 0.25) is 0 Å². The lowest BCUT2D eigenvalue weighted by atomic mass is 10.0. The van der Waals surface area contributed by atoms with Crippen LogP contribution in [0.5, 0.6) is 0 Å². The largest absolute Gasteiger partial charge is 0.477 e. The van der Waals surface area contributed by atoms with Crippen molar-refractivity contribution in [1.29, 1.82) is 0 Å². The number of nitrogens with two attached hydrogens (primary N) is 1. The molecule has 13 nitrogen and oxygen atoms in total. The molecule has 0 saturated carbocycles. The molecule has 3 aliphatic rings. The first-order valence-electron chi connectivity index (χ1n) is 11.4. The predicted molar refractivity (Wildman–Crippen MR) is 137 cm³/mol. The van der Waals surface area contributed by atoms with Crippen LogP contribution < -0.4 is 21.0 Å². The van der Waals surface area contributed by atoms with Crippen molar-refractivity contribution in [1.82, 2.24) is 19.9 Å². The first-order chi connectivity index (χ1) is 17.9. The van der Waals surface area contributed by atoms with Gasteiger partial charge in [0, 0.05) is 23.3 Å². The Morgan fingerprint density at radius 2 is 2.32 bits per heavy atom. The van der Waals surface area contributed by atoms with Crippen LogP contribution in [0, 0.1) is 0 Å². The highest BCUT2D eigenvalue weighted by atomic mass is 32.2. The average Bonchev–Trinajstić information content (AvgIpc) is 3.50. The number of aliphatic carboxylic acids is 1. The highest BCUT2D eigenvalue weighted by Gasteiger charge is 2.55. The maximum Gasteiger partial charge on any atom is 0.352 e. The van der Waals surface area contributed by atoms with E-state index in [0.29, 0.717) is 17.9 Å². The Labute approximate surface area is 219 Å². The number of rotatable bonds is 9. The Hall–Kier alpha value is -3.85. The summed E-state index contributed by atoms with van der Waals surface area (Å²) in [4.78, 5) is 48.8. The average molecular weight is 546 g/mol. The molecule has 2 aromatic heterocycles. The summed E-state index contributed by atoms with van der Waals surface area (Å²) in [7, 11) is 0. The number of β-lactam (4-membered cyclic amide) rings is 1. The second-order valence-corrected chi connectivity index (χ2v) is 10.4. The maximum absolute atomic E-state index is 13.1. The van der Waals surface area contributed by atoms with Crippen LogP contribution in [-0.2, 0) is 32.3 Å². The number of amides is 2. The van der Waals surface area contributed by atoms with Gasteiger partial charge in [-0.05, 0) is 6.42 Å². The van der Waals surface area contributed by atoms with Gasteiger partial charge in [-0.3, -0.25) is 14.5 Å². The highest BCUT2D eigenvalue weighted by molar-refractivity contribution is 8.00. The minimum atomic E-state index is -1.18. The lowest BCUT2D eigenvalue weighted by Gasteiger charge is -2.49. The molecule has 0 spiro atoms. The van der Waals surface area contributed by atoms with E-state index >= 15 is 0 Å². The molecule has 5 rings (SSSR count). The third kappa shape index (κ3) is 4.67. The molecule has 0 radical (unpaired) electrons. The van der Waals surface area contributed by atoms with E-state index in [1.807, 2.05) is 16.9 Å². The number of hydrogen-bond donors (Lipinski definition) is 4. The van der Waals surface area contributed by atoms with Crippen LogP contribution in [0.3, 0.4) is 0 Å². The van der Waals surface area contributed by atoms with Crippen molar-refractivity contribution in [2.45, 2.75) is 30.9 Å². The van der Waals surface area contributed by atoms with Gasteiger partial charge in [-0.25, -0.2) is 9.78 Å². The normalized spacial score (nSPS) is 20.9. The van der Waals surface area contributed by atoms with Crippen molar-refractivity contribution in [2.75, 3.05) is 30.0 Å². The van der Waals surface area contributed by atoms with Gasteiger partial charge < -0.3 is 26.3 Å². The summed E-state index contributed by atoms with van der Waals surface area (Å²) >= 11 is 2.53. The Bertz CT molecular complexity index is 1330. The smallest absolute Gasteiger partial charge is 0.352 e. The molecular weight excluding hydrogens is 520 g/mol. The van der Waals surface area contributed by atoms with Gasteiger partial charge >= 0.3 is 5.97 Å². The number of thioether (sulfide) groups is 1. The maximum atomic E-state index is 13.1. The minimum absolute atomic E-state index is 0.0402. The van der Waals surface area contributed by atoms with Crippen molar-refractivity contribution in [3.05, 3.63) is 47.3 Å². The number of nitrogen functional groups attached to an aromatic ring is 1. The highest BCUT2D eigenvalue weighted by Crippen LogP contribution is 2.40. The predicted octanol–water partition coefficient (Wildman–Crippen LogP) is -0.0246. The molecule has 15 heteroatoms. The van der Waals surface area contributed by atoms with Crippen molar-refractivity contribution >= 4 is 57.5 Å². The van der Waals surface area contributed by atoms with Gasteiger partial charge in [0.1, 0.15) is 29.4 Å². The SMILES string of the molecule is C=CCON=C(C(=O)N[C@@H]1C(=O)N2C(C(=O)O)=C(C[n+]3ccc4n3CCCN4)CS[C@H]12)c1csc(N)n1. The molecule has 1 fully saturated rings. The quantitative estimate of drug-likeness (QED) is 0.0845. The van der Waals surface area contributed by atoms with Gasteiger partial charge in [0.25, 0.3) is 11.8 Å². The first-order valence-corrected chi connectivity index (χ1v) is 13.4. The Kier molecular flexibility index (Phi) is 6.88. The Balaban J connectivity index is 1.34. The van der Waals surface area contributed by atoms with E-state index in [0.717, 1.165) is 36.7 Å². The summed E-state index contributed by atoms with van der Waals surface area (Å²) in [5.74, 6) is -0.990. The first kappa shape index (κ1) is 24.8. The number of carboxylic acids is 1. The van der Waals surface area contributed by atoms with Crippen LogP contribution in [-0.4, -0.2) is 73.5 Å². The van der Waals surface area contributed by atoms with Crippen LogP contribution >= 0.6 is 23.1 Å². The summed E-state index contributed by atoms with van der Waals surface area (Å²) in [5, 5.41) is 21.1. The lowest BCUT2D eigenvalue weighted by Crippen LogP contribution is -2.71. The number of nitrogens with zero attached hydrogens (tertiary/aromatic N) is 5. The summed E-state index contributed by atoms with van der Waals surface area (Å²) in [6.45, 7) is 5.66. The zero-order valence-electron chi connectivity index (χ0n) is 19.6. The van der Waals surface area contributed by atoms with Crippen LogP contribution in [0.2, 0.25) is 0 Å². The van der Waals surface area contributed by atoms with Gasteiger partial charge in [0.15, 0.2) is 29.4 Å². The summed E-state index contributed by atoms with van der Waals surface area (Å²) in [6, 6.07) is 1.03. The molecule has 2 atom stereocenters. The third-order valence-corrected chi connectivity index (χ3v) is 8.08. The zero-order valence-corrected chi connectivity index (χ0v) is 21.3. The number of thiazole rings is 1. The van der Waals surface area contributed by atoms with E-state index in [2.05, 4.69) is 32.0 Å². The number of carbonyl (C=O) groups is 3. The zero-order chi connectivity index (χ0) is 26.1. The second-order valence-electron chi connectivity index (χ2n) is 8.42. The molecule has 2 amide bonds. The van der Waals surface area contributed by atoms with E-state index in [1.54, 1.807) is 5.38 Å². The van der Waals surface area contributed by atoms with E-state index < -0.39 is 29.2 Å². The van der Waals surface area contributed by atoms with Gasteiger partial charge in [0.05, 0.1) is 12.6 Å². The fraction of sp³-hybridized carbons (Fsp3) is 0.364. The molecule has 0 bridgehead atoms. The van der Waals surface area contributed by atoms with Crippen LogP contribution in [0.15, 0.2) is 46.7 Å². The van der Waals surface area contributed by atoms with E-state index in [1.165, 1.54) is 22.7 Å². The molecule has 2 aromatic rings. The van der Waals surface area contributed by atoms with Crippen LogP contribution in [0.4, 0.5) is 10.9 Å². The van der Waals surface area contributed by atoms with Gasteiger partial charge in [-0.15, -0.1) is 32.5 Å². The van der Waals surface area contributed by atoms with Crippen molar-refractivity contribution in [2.24, 2.45) is 5.16 Å². The van der Waals surface area contributed by atoms with Gasteiger partial charge in [-0.2, -0.15) is 0 Å². The minimum Gasteiger partial charge on any atom is -0.477 e. The monoisotopic (exact) mass is 545 g/mol. The number of fused-ring (bicyclic) bond motifs is 2.